The molecular formula is C6H2Cl3N5. The summed E-state index contributed by atoms with van der Waals surface area (Å²) in [5.74, 6) is 0.224. The third-order valence-electron chi connectivity index (χ3n) is 1.33. The highest BCUT2D eigenvalue weighted by Crippen LogP contribution is 2.11. The van der Waals surface area contributed by atoms with Gasteiger partial charge in [0.25, 0.3) is 5.95 Å². The lowest BCUT2D eigenvalue weighted by atomic mass is 10.7. The maximum Gasteiger partial charge on any atom is 0.256 e. The Morgan fingerprint density at radius 1 is 1.00 bits per heavy atom. The van der Waals surface area contributed by atoms with Gasteiger partial charge in [-0.2, -0.15) is 20.1 Å². The van der Waals surface area contributed by atoms with Crippen molar-refractivity contribution in [2.24, 2.45) is 0 Å². The zero-order chi connectivity index (χ0) is 10.1. The third kappa shape index (κ3) is 1.95. The molecule has 2 aromatic rings. The molecule has 0 aliphatic carbocycles. The van der Waals surface area contributed by atoms with E-state index >= 15 is 0 Å². The van der Waals surface area contributed by atoms with Gasteiger partial charge < -0.3 is 0 Å². The second kappa shape index (κ2) is 3.68. The number of rotatable bonds is 1. The molecule has 0 aliphatic heterocycles. The first kappa shape index (κ1) is 9.64. The van der Waals surface area contributed by atoms with Gasteiger partial charge in [-0.15, -0.1) is 0 Å². The molecule has 0 radical (unpaired) electrons. The van der Waals surface area contributed by atoms with E-state index in [1.54, 1.807) is 0 Å². The zero-order valence-electron chi connectivity index (χ0n) is 6.52. The van der Waals surface area contributed by atoms with Crippen LogP contribution in [0.15, 0.2) is 12.4 Å². The zero-order valence-corrected chi connectivity index (χ0v) is 8.79. The van der Waals surface area contributed by atoms with Crippen molar-refractivity contribution < 1.29 is 0 Å². The highest BCUT2D eigenvalue weighted by Gasteiger charge is 2.06. The van der Waals surface area contributed by atoms with Crippen LogP contribution in [0.1, 0.15) is 0 Å². The van der Waals surface area contributed by atoms with Gasteiger partial charge in [-0.3, -0.25) is 0 Å². The predicted molar refractivity (Wildman–Crippen MR) is 52.0 cm³/mol. The Kier molecular flexibility index (Phi) is 2.54. The van der Waals surface area contributed by atoms with Crippen molar-refractivity contribution in [1.82, 2.24) is 24.7 Å². The van der Waals surface area contributed by atoms with Crippen molar-refractivity contribution in [3.05, 3.63) is 28.0 Å². The smallest absolute Gasteiger partial charge is 0.204 e. The number of halogens is 3. The van der Waals surface area contributed by atoms with E-state index in [0.717, 1.165) is 0 Å². The summed E-state index contributed by atoms with van der Waals surface area (Å²) in [4.78, 5) is 11.2. The first-order valence-corrected chi connectivity index (χ1v) is 4.56. The SMILES string of the molecule is Clc1cnn(-c2nc(Cl)nc(Cl)n2)c1. The van der Waals surface area contributed by atoms with Crippen LogP contribution in [0, 0.1) is 0 Å². The van der Waals surface area contributed by atoms with Crippen molar-refractivity contribution in [2.75, 3.05) is 0 Å². The second-order valence-corrected chi connectivity index (χ2v) is 3.39. The lowest BCUT2D eigenvalue weighted by Gasteiger charge is -1.98. The van der Waals surface area contributed by atoms with Crippen molar-refractivity contribution in [3.8, 4) is 5.95 Å². The fourth-order valence-electron chi connectivity index (χ4n) is 0.829. The van der Waals surface area contributed by atoms with Gasteiger partial charge in [0, 0.05) is 0 Å². The van der Waals surface area contributed by atoms with Crippen LogP contribution < -0.4 is 0 Å². The largest absolute Gasteiger partial charge is 0.256 e. The molecule has 2 heterocycles. The van der Waals surface area contributed by atoms with E-state index in [1.807, 2.05) is 0 Å². The van der Waals surface area contributed by atoms with Crippen LogP contribution >= 0.6 is 34.8 Å². The van der Waals surface area contributed by atoms with Crippen molar-refractivity contribution in [2.45, 2.75) is 0 Å². The van der Waals surface area contributed by atoms with Crippen LogP contribution in [0.4, 0.5) is 0 Å². The molecule has 5 nitrogen and oxygen atoms in total. The van der Waals surface area contributed by atoms with E-state index in [2.05, 4.69) is 20.1 Å². The molecule has 2 rings (SSSR count). The third-order valence-corrected chi connectivity index (χ3v) is 1.86. The minimum atomic E-state index is 0.00613. The molecule has 72 valence electrons. The first-order chi connectivity index (χ1) is 6.65. The topological polar surface area (TPSA) is 56.5 Å². The predicted octanol–water partition coefficient (Wildman–Crippen LogP) is 2.02. The molecule has 0 spiro atoms. The lowest BCUT2D eigenvalue weighted by Crippen LogP contribution is -2.03. The molecule has 0 bridgehead atoms. The maximum atomic E-state index is 5.67. The van der Waals surface area contributed by atoms with Gasteiger partial charge in [0.2, 0.25) is 10.6 Å². The molecule has 0 unspecified atom stereocenters. The van der Waals surface area contributed by atoms with Gasteiger partial charge in [0.15, 0.2) is 0 Å². The molecule has 0 aromatic carbocycles. The average Bonchev–Trinajstić information content (AvgIpc) is 2.50. The standard InChI is InChI=1S/C6H2Cl3N5/c7-3-1-10-14(2-3)6-12-4(8)11-5(9)13-6/h1-2H. The van der Waals surface area contributed by atoms with Crippen LogP contribution in [-0.4, -0.2) is 24.7 Å². The van der Waals surface area contributed by atoms with Gasteiger partial charge in [-0.25, -0.2) is 4.68 Å². The summed E-state index contributed by atoms with van der Waals surface area (Å²) in [6.07, 6.45) is 2.98. The molecule has 8 heteroatoms. The van der Waals surface area contributed by atoms with E-state index in [1.165, 1.54) is 17.1 Å². The van der Waals surface area contributed by atoms with Crippen LogP contribution in [0.25, 0.3) is 5.95 Å². The van der Waals surface area contributed by atoms with E-state index in [9.17, 15) is 0 Å². The van der Waals surface area contributed by atoms with Gasteiger partial charge in [-0.05, 0) is 23.2 Å². The maximum absolute atomic E-state index is 5.67. The Balaban J connectivity index is 2.51. The van der Waals surface area contributed by atoms with Crippen molar-refractivity contribution in [3.63, 3.8) is 0 Å². The molecule has 2 aromatic heterocycles. The summed E-state index contributed by atoms with van der Waals surface area (Å²) in [7, 11) is 0. The summed E-state index contributed by atoms with van der Waals surface area (Å²) in [6.45, 7) is 0. The molecule has 0 amide bonds. The van der Waals surface area contributed by atoms with Crippen molar-refractivity contribution in [1.29, 1.82) is 0 Å². The van der Waals surface area contributed by atoms with Gasteiger partial charge >= 0.3 is 0 Å². The highest BCUT2D eigenvalue weighted by molar-refractivity contribution is 6.31. The summed E-state index contributed by atoms with van der Waals surface area (Å²) >= 11 is 16.8. The molecule has 0 saturated carbocycles. The summed E-state index contributed by atoms with van der Waals surface area (Å²) in [6, 6.07) is 0. The summed E-state index contributed by atoms with van der Waals surface area (Å²) < 4.78 is 1.35. The normalized spacial score (nSPS) is 10.5. The van der Waals surface area contributed by atoms with Crippen LogP contribution in [0.3, 0.4) is 0 Å². The first-order valence-electron chi connectivity index (χ1n) is 3.43. The Morgan fingerprint density at radius 3 is 2.14 bits per heavy atom. The number of hydrogen-bond acceptors (Lipinski definition) is 4. The minimum Gasteiger partial charge on any atom is -0.204 e. The molecule has 14 heavy (non-hydrogen) atoms. The Morgan fingerprint density at radius 2 is 1.64 bits per heavy atom. The van der Waals surface area contributed by atoms with Crippen LogP contribution in [0.2, 0.25) is 15.6 Å². The Hall–Kier alpha value is -0.910. The fourth-order valence-corrected chi connectivity index (χ4v) is 1.32. The average molecular weight is 250 g/mol. The van der Waals surface area contributed by atoms with Gasteiger partial charge in [0.05, 0.1) is 17.4 Å². The van der Waals surface area contributed by atoms with E-state index in [-0.39, 0.29) is 16.5 Å². The summed E-state index contributed by atoms with van der Waals surface area (Å²) in [5, 5.41) is 4.37. The number of hydrogen-bond donors (Lipinski definition) is 0. The van der Waals surface area contributed by atoms with E-state index < -0.39 is 0 Å². The van der Waals surface area contributed by atoms with E-state index in [0.29, 0.717) is 5.02 Å². The molecule has 0 N–H and O–H groups in total. The molecule has 0 fully saturated rings. The molecule has 0 aliphatic rings. The number of nitrogens with zero attached hydrogens (tertiary/aromatic N) is 5. The monoisotopic (exact) mass is 249 g/mol. The van der Waals surface area contributed by atoms with Crippen LogP contribution in [0.5, 0.6) is 0 Å². The quantitative estimate of drug-likeness (QED) is 0.777. The Bertz CT molecular complexity index is 448. The van der Waals surface area contributed by atoms with E-state index in [4.69, 9.17) is 34.8 Å². The minimum absolute atomic E-state index is 0.00613. The second-order valence-electron chi connectivity index (χ2n) is 2.28. The molecular weight excluding hydrogens is 248 g/mol. The summed E-state index contributed by atoms with van der Waals surface area (Å²) in [5.41, 5.74) is 0. The molecule has 0 atom stereocenters. The molecule has 0 saturated heterocycles. The highest BCUT2D eigenvalue weighted by atomic mass is 35.5. The fraction of sp³-hybridized carbons (Fsp3) is 0. The van der Waals surface area contributed by atoms with Crippen molar-refractivity contribution >= 4 is 34.8 Å². The van der Waals surface area contributed by atoms with Gasteiger partial charge in [-0.1, -0.05) is 11.6 Å². The Labute approximate surface area is 93.7 Å². The lowest BCUT2D eigenvalue weighted by molar-refractivity contribution is 0.795. The van der Waals surface area contributed by atoms with Crippen LogP contribution in [-0.2, 0) is 0 Å². The van der Waals surface area contributed by atoms with Gasteiger partial charge in [0.1, 0.15) is 0 Å². The number of aromatic nitrogens is 5.